The van der Waals surface area contributed by atoms with Crippen molar-refractivity contribution < 1.29 is 13.9 Å². The minimum Gasteiger partial charge on any atom is -0.465 e. The summed E-state index contributed by atoms with van der Waals surface area (Å²) in [5.74, 6) is -0.441. The van der Waals surface area contributed by atoms with E-state index >= 15 is 0 Å². The van der Waals surface area contributed by atoms with Crippen molar-refractivity contribution in [2.45, 2.75) is 32.7 Å². The van der Waals surface area contributed by atoms with Crippen LogP contribution in [0.1, 0.15) is 25.8 Å². The molecule has 0 bridgehead atoms. The summed E-state index contributed by atoms with van der Waals surface area (Å²) in [5.41, 5.74) is 1.04. The van der Waals surface area contributed by atoms with Gasteiger partial charge in [0.05, 0.1) is 6.61 Å². The molecule has 0 aliphatic heterocycles. The van der Waals surface area contributed by atoms with Crippen molar-refractivity contribution in [2.75, 3.05) is 13.2 Å². The van der Waals surface area contributed by atoms with Crippen LogP contribution in [0.3, 0.4) is 0 Å². The van der Waals surface area contributed by atoms with E-state index in [0.29, 0.717) is 19.6 Å². The molecule has 0 aliphatic rings. The molecule has 1 aromatic rings. The van der Waals surface area contributed by atoms with E-state index in [1.807, 2.05) is 6.92 Å². The van der Waals surface area contributed by atoms with Gasteiger partial charge >= 0.3 is 5.97 Å². The first-order chi connectivity index (χ1) is 8.67. The predicted molar refractivity (Wildman–Crippen MR) is 68.8 cm³/mol. The Hall–Kier alpha value is -1.42. The lowest BCUT2D eigenvalue weighted by Gasteiger charge is -2.15. The lowest BCUT2D eigenvalue weighted by molar-refractivity contribution is -0.145. The highest BCUT2D eigenvalue weighted by Gasteiger charge is 2.16. The van der Waals surface area contributed by atoms with Gasteiger partial charge < -0.3 is 10.1 Å². The second kappa shape index (κ2) is 7.82. The topological polar surface area (TPSA) is 38.3 Å². The third-order valence-corrected chi connectivity index (χ3v) is 2.70. The Kier molecular flexibility index (Phi) is 6.36. The van der Waals surface area contributed by atoms with Gasteiger partial charge in [-0.1, -0.05) is 19.1 Å². The van der Waals surface area contributed by atoms with E-state index in [0.717, 1.165) is 12.0 Å². The van der Waals surface area contributed by atoms with Crippen molar-refractivity contribution in [3.63, 3.8) is 0 Å². The number of hydrogen-bond donors (Lipinski definition) is 1. The number of carbonyl (C=O) groups is 1. The van der Waals surface area contributed by atoms with E-state index in [4.69, 9.17) is 4.74 Å². The van der Waals surface area contributed by atoms with Crippen LogP contribution < -0.4 is 5.32 Å². The summed E-state index contributed by atoms with van der Waals surface area (Å²) in [4.78, 5) is 11.5. The van der Waals surface area contributed by atoms with Gasteiger partial charge in [-0.05, 0) is 44.0 Å². The van der Waals surface area contributed by atoms with Crippen LogP contribution in [0.5, 0.6) is 0 Å². The summed E-state index contributed by atoms with van der Waals surface area (Å²) in [6.45, 7) is 4.80. The summed E-state index contributed by atoms with van der Waals surface area (Å²) < 4.78 is 17.7. The third kappa shape index (κ3) is 4.84. The lowest BCUT2D eigenvalue weighted by atomic mass is 10.1. The zero-order valence-electron chi connectivity index (χ0n) is 10.9. The Bertz CT molecular complexity index is 365. The molecule has 0 spiro atoms. The van der Waals surface area contributed by atoms with Crippen molar-refractivity contribution in [1.82, 2.24) is 5.32 Å². The van der Waals surface area contributed by atoms with Gasteiger partial charge in [-0.2, -0.15) is 0 Å². The van der Waals surface area contributed by atoms with Gasteiger partial charge in [0.15, 0.2) is 0 Å². The van der Waals surface area contributed by atoms with Gasteiger partial charge in [0.2, 0.25) is 0 Å². The number of halogens is 1. The van der Waals surface area contributed by atoms with Gasteiger partial charge in [-0.3, -0.25) is 4.79 Å². The second-order valence-electron chi connectivity index (χ2n) is 4.04. The van der Waals surface area contributed by atoms with Gasteiger partial charge in [-0.25, -0.2) is 4.39 Å². The first kappa shape index (κ1) is 14.6. The quantitative estimate of drug-likeness (QED) is 0.758. The van der Waals surface area contributed by atoms with Crippen LogP contribution in [-0.4, -0.2) is 25.2 Å². The Morgan fingerprint density at radius 1 is 1.33 bits per heavy atom. The molecule has 1 N–H and O–H groups in total. The summed E-state index contributed by atoms with van der Waals surface area (Å²) in [6, 6.07) is 6.13. The molecule has 1 unspecified atom stereocenters. The molecular formula is C14H20FNO2. The number of ether oxygens (including phenoxy) is 1. The van der Waals surface area contributed by atoms with E-state index in [2.05, 4.69) is 5.32 Å². The minimum absolute atomic E-state index is 0.209. The second-order valence-corrected chi connectivity index (χ2v) is 4.04. The highest BCUT2D eigenvalue weighted by molar-refractivity contribution is 5.75. The van der Waals surface area contributed by atoms with E-state index in [9.17, 15) is 9.18 Å². The molecule has 0 radical (unpaired) electrons. The minimum atomic E-state index is -0.259. The molecule has 0 aliphatic carbocycles. The molecule has 4 heteroatoms. The normalized spacial score (nSPS) is 12.2. The average molecular weight is 253 g/mol. The van der Waals surface area contributed by atoms with E-state index < -0.39 is 0 Å². The molecule has 0 fully saturated rings. The molecular weight excluding hydrogens is 233 g/mol. The predicted octanol–water partition coefficient (Wildman–Crippen LogP) is 2.30. The Balaban J connectivity index is 2.35. The van der Waals surface area contributed by atoms with Crippen LogP contribution in [-0.2, 0) is 16.0 Å². The summed E-state index contributed by atoms with van der Waals surface area (Å²) in [5, 5.41) is 3.15. The smallest absolute Gasteiger partial charge is 0.323 e. The number of rotatable bonds is 7. The fourth-order valence-corrected chi connectivity index (χ4v) is 1.68. The molecule has 100 valence electrons. The maximum absolute atomic E-state index is 12.7. The third-order valence-electron chi connectivity index (χ3n) is 2.70. The molecule has 0 heterocycles. The van der Waals surface area contributed by atoms with Gasteiger partial charge in [0, 0.05) is 0 Å². The molecule has 0 saturated carbocycles. The van der Waals surface area contributed by atoms with E-state index in [-0.39, 0.29) is 17.8 Å². The van der Waals surface area contributed by atoms with Gasteiger partial charge in [0.1, 0.15) is 11.9 Å². The lowest BCUT2D eigenvalue weighted by Crippen LogP contribution is -2.38. The van der Waals surface area contributed by atoms with Gasteiger partial charge in [-0.15, -0.1) is 0 Å². The number of nitrogens with one attached hydrogen (secondary N) is 1. The van der Waals surface area contributed by atoms with Crippen molar-refractivity contribution in [1.29, 1.82) is 0 Å². The monoisotopic (exact) mass is 253 g/mol. The number of hydrogen-bond acceptors (Lipinski definition) is 3. The fraction of sp³-hybridized carbons (Fsp3) is 0.500. The summed E-state index contributed by atoms with van der Waals surface area (Å²) >= 11 is 0. The summed E-state index contributed by atoms with van der Waals surface area (Å²) in [7, 11) is 0. The van der Waals surface area contributed by atoms with Crippen LogP contribution in [0, 0.1) is 5.82 Å². The van der Waals surface area contributed by atoms with Crippen molar-refractivity contribution in [3.05, 3.63) is 35.6 Å². The highest BCUT2D eigenvalue weighted by atomic mass is 19.1. The highest BCUT2D eigenvalue weighted by Crippen LogP contribution is 2.03. The SMILES string of the molecule is CCOC(=O)C(CC)NCCc1ccc(F)cc1. The van der Waals surface area contributed by atoms with Crippen LogP contribution in [0.15, 0.2) is 24.3 Å². The average Bonchev–Trinajstić information content (AvgIpc) is 2.37. The van der Waals surface area contributed by atoms with Crippen molar-refractivity contribution >= 4 is 5.97 Å². The Morgan fingerprint density at radius 2 is 2.00 bits per heavy atom. The van der Waals surface area contributed by atoms with Gasteiger partial charge in [0.25, 0.3) is 0 Å². The maximum Gasteiger partial charge on any atom is 0.323 e. The molecule has 1 rings (SSSR count). The standard InChI is InChI=1S/C14H20FNO2/c1-3-13(14(17)18-4-2)16-10-9-11-5-7-12(15)8-6-11/h5-8,13,16H,3-4,9-10H2,1-2H3. The van der Waals surface area contributed by atoms with E-state index in [1.165, 1.54) is 12.1 Å². The molecule has 1 atom stereocenters. The fourth-order valence-electron chi connectivity index (χ4n) is 1.68. The molecule has 3 nitrogen and oxygen atoms in total. The molecule has 1 aromatic carbocycles. The largest absolute Gasteiger partial charge is 0.465 e. The molecule has 0 amide bonds. The number of esters is 1. The van der Waals surface area contributed by atoms with Crippen LogP contribution in [0.25, 0.3) is 0 Å². The van der Waals surface area contributed by atoms with Crippen LogP contribution in [0.2, 0.25) is 0 Å². The van der Waals surface area contributed by atoms with Crippen molar-refractivity contribution in [3.8, 4) is 0 Å². The number of benzene rings is 1. The van der Waals surface area contributed by atoms with Crippen molar-refractivity contribution in [2.24, 2.45) is 0 Å². The molecule has 0 saturated heterocycles. The Labute approximate surface area is 107 Å². The summed E-state index contributed by atoms with van der Waals surface area (Å²) in [6.07, 6.45) is 1.46. The first-order valence-electron chi connectivity index (χ1n) is 6.31. The Morgan fingerprint density at radius 3 is 2.56 bits per heavy atom. The van der Waals surface area contributed by atoms with Crippen LogP contribution in [0.4, 0.5) is 4.39 Å². The molecule has 18 heavy (non-hydrogen) atoms. The zero-order chi connectivity index (χ0) is 13.4. The first-order valence-corrected chi connectivity index (χ1v) is 6.31. The maximum atomic E-state index is 12.7. The molecule has 0 aromatic heterocycles. The van der Waals surface area contributed by atoms with Crippen LogP contribution >= 0.6 is 0 Å². The number of carbonyl (C=O) groups excluding carboxylic acids is 1. The van der Waals surface area contributed by atoms with E-state index in [1.54, 1.807) is 19.1 Å². The zero-order valence-corrected chi connectivity index (χ0v) is 10.9.